The Labute approximate surface area is 109 Å². The van der Waals surface area contributed by atoms with Crippen LogP contribution in [0.3, 0.4) is 0 Å². The van der Waals surface area contributed by atoms with Gasteiger partial charge in [-0.1, -0.05) is 39.0 Å². The van der Waals surface area contributed by atoms with E-state index in [1.54, 1.807) is 30.3 Å². The topological polar surface area (TPSA) is 57.6 Å². The van der Waals surface area contributed by atoms with Gasteiger partial charge in [0.05, 0.1) is 17.5 Å². The van der Waals surface area contributed by atoms with Crippen LogP contribution < -0.4 is 0 Å². The summed E-state index contributed by atoms with van der Waals surface area (Å²) in [4.78, 5) is 0.246. The summed E-state index contributed by atoms with van der Waals surface area (Å²) < 4.78 is 26.0. The first-order valence-corrected chi connectivity index (χ1v) is 7.29. The van der Waals surface area contributed by atoms with E-state index in [1.807, 2.05) is 20.8 Å². The van der Waals surface area contributed by atoms with Gasteiger partial charge in [-0.3, -0.25) is 0 Å². The third-order valence-corrected chi connectivity index (χ3v) is 4.91. The molecule has 0 unspecified atom stereocenters. The molecule has 0 aliphatic carbocycles. The summed E-state index contributed by atoms with van der Waals surface area (Å²) in [6.07, 6.45) is 0. The minimum absolute atomic E-state index is 0.202. The third kappa shape index (κ3) is 3.10. The van der Waals surface area contributed by atoms with Gasteiger partial charge in [0.15, 0.2) is 0 Å². The van der Waals surface area contributed by atoms with Crippen molar-refractivity contribution in [2.75, 3.05) is 13.7 Å². The molecule has 1 N–H and O–H groups in total. The third-order valence-electron chi connectivity index (χ3n) is 3.03. The van der Waals surface area contributed by atoms with Crippen LogP contribution in [-0.4, -0.2) is 37.5 Å². The second-order valence-electron chi connectivity index (χ2n) is 5.40. The molecule has 102 valence electrons. The van der Waals surface area contributed by atoms with Crippen LogP contribution in [0.2, 0.25) is 0 Å². The summed E-state index contributed by atoms with van der Waals surface area (Å²) in [6, 6.07) is 7.80. The second-order valence-corrected chi connectivity index (χ2v) is 7.40. The van der Waals surface area contributed by atoms with Crippen LogP contribution in [0.25, 0.3) is 0 Å². The average Bonchev–Trinajstić information content (AvgIpc) is 2.29. The van der Waals surface area contributed by atoms with Crippen LogP contribution in [0.1, 0.15) is 20.8 Å². The van der Waals surface area contributed by atoms with Crippen molar-refractivity contribution in [2.24, 2.45) is 5.41 Å². The molecule has 0 radical (unpaired) electrons. The fourth-order valence-corrected chi connectivity index (χ4v) is 3.41. The van der Waals surface area contributed by atoms with Crippen LogP contribution in [0.5, 0.6) is 0 Å². The lowest BCUT2D eigenvalue weighted by Crippen LogP contribution is -2.47. The van der Waals surface area contributed by atoms with Gasteiger partial charge >= 0.3 is 0 Å². The molecule has 0 heterocycles. The molecule has 0 spiro atoms. The summed E-state index contributed by atoms with van der Waals surface area (Å²) in [5.41, 5.74) is -0.328. The maximum atomic E-state index is 12.4. The van der Waals surface area contributed by atoms with Crippen molar-refractivity contribution in [3.8, 4) is 0 Å². The first-order chi connectivity index (χ1) is 8.21. The molecule has 1 aromatic carbocycles. The van der Waals surface area contributed by atoms with Crippen LogP contribution in [0, 0.1) is 5.41 Å². The Hall–Kier alpha value is -0.910. The zero-order valence-corrected chi connectivity index (χ0v) is 12.1. The van der Waals surface area contributed by atoms with Gasteiger partial charge < -0.3 is 5.11 Å². The summed E-state index contributed by atoms with van der Waals surface area (Å²) in [7, 11) is -2.05. The number of rotatable bonds is 4. The van der Waals surface area contributed by atoms with Crippen molar-refractivity contribution in [1.29, 1.82) is 0 Å². The van der Waals surface area contributed by atoms with Crippen molar-refractivity contribution < 1.29 is 13.5 Å². The lowest BCUT2D eigenvalue weighted by atomic mass is 9.87. The molecule has 5 heteroatoms. The van der Waals surface area contributed by atoms with E-state index >= 15 is 0 Å². The molecule has 0 saturated heterocycles. The van der Waals surface area contributed by atoms with Crippen LogP contribution in [0.4, 0.5) is 0 Å². The van der Waals surface area contributed by atoms with Gasteiger partial charge in [-0.2, -0.15) is 4.31 Å². The molecule has 0 aromatic heterocycles. The van der Waals surface area contributed by atoms with Crippen molar-refractivity contribution >= 4 is 10.0 Å². The molecule has 0 amide bonds. The first-order valence-electron chi connectivity index (χ1n) is 5.85. The number of benzene rings is 1. The maximum Gasteiger partial charge on any atom is 0.243 e. The summed E-state index contributed by atoms with van der Waals surface area (Å²) in [5, 5.41) is 9.44. The quantitative estimate of drug-likeness (QED) is 0.907. The Kier molecular flexibility index (Phi) is 4.53. The van der Waals surface area contributed by atoms with Gasteiger partial charge in [-0.15, -0.1) is 0 Å². The SMILES string of the molecule is CN([C@H](CO)C(C)(C)C)S(=O)(=O)c1ccccc1. The van der Waals surface area contributed by atoms with Crippen molar-refractivity contribution in [1.82, 2.24) is 4.31 Å². The number of sulfonamides is 1. The monoisotopic (exact) mass is 271 g/mol. The van der Waals surface area contributed by atoms with E-state index in [-0.39, 0.29) is 16.9 Å². The molecular formula is C13H21NO3S. The zero-order chi connectivity index (χ0) is 14.0. The molecule has 0 bridgehead atoms. The normalized spacial score (nSPS) is 14.8. The maximum absolute atomic E-state index is 12.4. The summed E-state index contributed by atoms with van der Waals surface area (Å²) in [6.45, 7) is 5.52. The van der Waals surface area contributed by atoms with Crippen LogP contribution >= 0.6 is 0 Å². The predicted octanol–water partition coefficient (Wildman–Crippen LogP) is 1.71. The number of likely N-dealkylation sites (N-methyl/N-ethyl adjacent to an activating group) is 1. The fourth-order valence-electron chi connectivity index (χ4n) is 1.86. The molecule has 0 aliphatic heterocycles. The second kappa shape index (κ2) is 5.38. The van der Waals surface area contributed by atoms with Crippen LogP contribution in [-0.2, 0) is 10.0 Å². The average molecular weight is 271 g/mol. The van der Waals surface area contributed by atoms with Gasteiger partial charge in [-0.05, 0) is 17.5 Å². The lowest BCUT2D eigenvalue weighted by molar-refractivity contribution is 0.115. The van der Waals surface area contributed by atoms with Gasteiger partial charge in [0.25, 0.3) is 0 Å². The van der Waals surface area contributed by atoms with Crippen molar-refractivity contribution in [2.45, 2.75) is 31.7 Å². The molecule has 18 heavy (non-hydrogen) atoms. The van der Waals surface area contributed by atoms with E-state index in [0.29, 0.717) is 0 Å². The van der Waals surface area contributed by atoms with Gasteiger partial charge in [-0.25, -0.2) is 8.42 Å². The Morgan fingerprint density at radius 1 is 1.22 bits per heavy atom. The number of aliphatic hydroxyl groups excluding tert-OH is 1. The number of aliphatic hydroxyl groups is 1. The van der Waals surface area contributed by atoms with E-state index in [9.17, 15) is 13.5 Å². The highest BCUT2D eigenvalue weighted by Gasteiger charge is 2.35. The number of nitrogens with zero attached hydrogens (tertiary/aromatic N) is 1. The number of hydrogen-bond acceptors (Lipinski definition) is 3. The highest BCUT2D eigenvalue weighted by molar-refractivity contribution is 7.89. The van der Waals surface area contributed by atoms with Crippen LogP contribution in [0.15, 0.2) is 35.2 Å². The molecule has 1 rings (SSSR count). The minimum Gasteiger partial charge on any atom is -0.395 e. The molecule has 0 fully saturated rings. The van der Waals surface area contributed by atoms with Gasteiger partial charge in [0.1, 0.15) is 0 Å². The zero-order valence-electron chi connectivity index (χ0n) is 11.3. The van der Waals surface area contributed by atoms with Gasteiger partial charge in [0, 0.05) is 7.05 Å². The highest BCUT2D eigenvalue weighted by Crippen LogP contribution is 2.27. The predicted molar refractivity (Wildman–Crippen MR) is 71.7 cm³/mol. The van der Waals surface area contributed by atoms with E-state index in [0.717, 1.165) is 0 Å². The molecule has 1 atom stereocenters. The summed E-state index contributed by atoms with van der Waals surface area (Å²) >= 11 is 0. The largest absolute Gasteiger partial charge is 0.395 e. The fraction of sp³-hybridized carbons (Fsp3) is 0.538. The smallest absolute Gasteiger partial charge is 0.243 e. The van der Waals surface area contributed by atoms with Crippen molar-refractivity contribution in [3.05, 3.63) is 30.3 Å². The van der Waals surface area contributed by atoms with E-state index in [4.69, 9.17) is 0 Å². The summed E-state index contributed by atoms with van der Waals surface area (Å²) in [5.74, 6) is 0. The number of hydrogen-bond donors (Lipinski definition) is 1. The first kappa shape index (κ1) is 15.1. The van der Waals surface area contributed by atoms with Crippen molar-refractivity contribution in [3.63, 3.8) is 0 Å². The highest BCUT2D eigenvalue weighted by atomic mass is 32.2. The molecule has 1 aromatic rings. The standard InChI is InChI=1S/C13H21NO3S/c1-13(2,3)12(10-15)14(4)18(16,17)11-8-6-5-7-9-11/h5-9,12,15H,10H2,1-4H3/t12-/m1/s1. The molecule has 4 nitrogen and oxygen atoms in total. The lowest BCUT2D eigenvalue weighted by Gasteiger charge is -2.35. The van der Waals surface area contributed by atoms with E-state index in [1.165, 1.54) is 11.4 Å². The van der Waals surface area contributed by atoms with Gasteiger partial charge in [0.2, 0.25) is 10.0 Å². The molecule has 0 saturated carbocycles. The minimum atomic E-state index is -3.56. The van der Waals surface area contributed by atoms with E-state index < -0.39 is 16.1 Å². The van der Waals surface area contributed by atoms with E-state index in [2.05, 4.69) is 0 Å². The Bertz CT molecular complexity index is 477. The Balaban J connectivity index is 3.14. The molecular weight excluding hydrogens is 250 g/mol. The molecule has 0 aliphatic rings. The Morgan fingerprint density at radius 3 is 2.11 bits per heavy atom. The Morgan fingerprint density at radius 2 is 1.72 bits per heavy atom.